The van der Waals surface area contributed by atoms with Crippen LogP contribution in [-0.4, -0.2) is 22.9 Å². The molecule has 0 aliphatic carbocycles. The molecule has 0 saturated heterocycles. The summed E-state index contributed by atoms with van der Waals surface area (Å²) in [7, 11) is 0. The fourth-order valence-electron chi connectivity index (χ4n) is 1.95. The highest BCUT2D eigenvalue weighted by Crippen LogP contribution is 2.38. The summed E-state index contributed by atoms with van der Waals surface area (Å²) in [6.45, 7) is 4.22. The summed E-state index contributed by atoms with van der Waals surface area (Å²) in [5.74, 6) is 0.0780. The first kappa shape index (κ1) is 13.7. The normalized spacial score (nSPS) is 12.5. The Hall–Kier alpha value is -2.28. The molecule has 2 heterocycles. The van der Waals surface area contributed by atoms with Gasteiger partial charge in [-0.25, -0.2) is 9.78 Å². The van der Waals surface area contributed by atoms with Gasteiger partial charge in [0, 0.05) is 17.0 Å². The maximum Gasteiger partial charge on any atom is 0.339 e. The van der Waals surface area contributed by atoms with Crippen LogP contribution in [-0.2, 0) is 6.61 Å². The average Bonchev–Trinajstić information content (AvgIpc) is 3.02. The predicted octanol–water partition coefficient (Wildman–Crippen LogP) is 2.77. The summed E-state index contributed by atoms with van der Waals surface area (Å²) in [5, 5.41) is 10.1. The third-order valence-corrected chi connectivity index (χ3v) is 4.18. The number of rotatable bonds is 4. The number of carboxylic acid groups (broad SMARTS) is 1. The van der Waals surface area contributed by atoms with Crippen molar-refractivity contribution in [3.63, 3.8) is 0 Å². The SMILES string of the molecule is Cc1nc(COc2cc3c(cc2C(=O)O)OCO3)sc1C. The monoisotopic (exact) mass is 307 g/mol. The molecular weight excluding hydrogens is 294 g/mol. The first-order valence-corrected chi connectivity index (χ1v) is 7.09. The Labute approximate surface area is 124 Å². The van der Waals surface area contributed by atoms with Crippen molar-refractivity contribution >= 4 is 17.3 Å². The Bertz CT molecular complexity index is 690. The van der Waals surface area contributed by atoms with Gasteiger partial charge in [-0.15, -0.1) is 11.3 Å². The lowest BCUT2D eigenvalue weighted by Gasteiger charge is -2.09. The molecule has 110 valence electrons. The summed E-state index contributed by atoms with van der Waals surface area (Å²) in [6, 6.07) is 2.96. The zero-order valence-corrected chi connectivity index (χ0v) is 12.3. The van der Waals surface area contributed by atoms with Crippen LogP contribution in [0.15, 0.2) is 12.1 Å². The van der Waals surface area contributed by atoms with Crippen LogP contribution in [0.3, 0.4) is 0 Å². The highest BCUT2D eigenvalue weighted by atomic mass is 32.1. The number of hydrogen-bond acceptors (Lipinski definition) is 6. The van der Waals surface area contributed by atoms with Gasteiger partial charge in [0.05, 0.1) is 5.69 Å². The number of hydrogen-bond donors (Lipinski definition) is 1. The number of fused-ring (bicyclic) bond motifs is 1. The molecule has 0 amide bonds. The third-order valence-electron chi connectivity index (χ3n) is 3.13. The van der Waals surface area contributed by atoms with Crippen LogP contribution in [0.4, 0.5) is 0 Å². The number of carbonyl (C=O) groups is 1. The van der Waals surface area contributed by atoms with Crippen molar-refractivity contribution in [2.45, 2.75) is 20.5 Å². The quantitative estimate of drug-likeness (QED) is 0.936. The van der Waals surface area contributed by atoms with Gasteiger partial charge < -0.3 is 19.3 Å². The van der Waals surface area contributed by atoms with Gasteiger partial charge in [0.15, 0.2) is 11.5 Å². The van der Waals surface area contributed by atoms with Crippen LogP contribution >= 0.6 is 11.3 Å². The van der Waals surface area contributed by atoms with Gasteiger partial charge >= 0.3 is 5.97 Å². The lowest BCUT2D eigenvalue weighted by atomic mass is 10.2. The lowest BCUT2D eigenvalue weighted by molar-refractivity contribution is 0.0691. The summed E-state index contributed by atoms with van der Waals surface area (Å²) in [4.78, 5) is 16.8. The van der Waals surface area contributed by atoms with Crippen molar-refractivity contribution in [2.75, 3.05) is 6.79 Å². The second-order valence-corrected chi connectivity index (χ2v) is 5.83. The third kappa shape index (κ3) is 2.64. The topological polar surface area (TPSA) is 77.9 Å². The molecule has 0 bridgehead atoms. The lowest BCUT2D eigenvalue weighted by Crippen LogP contribution is -2.03. The van der Waals surface area contributed by atoms with Crippen LogP contribution in [0.25, 0.3) is 0 Å². The molecule has 0 saturated carbocycles. The van der Waals surface area contributed by atoms with E-state index in [4.69, 9.17) is 14.2 Å². The minimum Gasteiger partial charge on any atom is -0.485 e. The van der Waals surface area contributed by atoms with E-state index in [0.29, 0.717) is 11.5 Å². The minimum atomic E-state index is -1.07. The second-order valence-electron chi connectivity index (χ2n) is 4.54. The van der Waals surface area contributed by atoms with Gasteiger partial charge in [-0.3, -0.25) is 0 Å². The molecule has 1 aliphatic rings. The fraction of sp³-hybridized carbons (Fsp3) is 0.286. The van der Waals surface area contributed by atoms with E-state index in [1.165, 1.54) is 17.4 Å². The molecule has 0 atom stereocenters. The van der Waals surface area contributed by atoms with Gasteiger partial charge in [0.2, 0.25) is 6.79 Å². The van der Waals surface area contributed by atoms with Crippen molar-refractivity contribution in [1.82, 2.24) is 4.98 Å². The number of aromatic nitrogens is 1. The number of benzene rings is 1. The number of carboxylic acids is 1. The summed E-state index contributed by atoms with van der Waals surface area (Å²) >= 11 is 1.53. The second kappa shape index (κ2) is 5.25. The first-order valence-electron chi connectivity index (χ1n) is 6.27. The van der Waals surface area contributed by atoms with E-state index < -0.39 is 5.97 Å². The Morgan fingerprint density at radius 1 is 1.38 bits per heavy atom. The van der Waals surface area contributed by atoms with E-state index in [1.807, 2.05) is 13.8 Å². The predicted molar refractivity (Wildman–Crippen MR) is 75.4 cm³/mol. The number of aryl methyl sites for hydroxylation is 2. The Balaban J connectivity index is 1.85. The van der Waals surface area contributed by atoms with Crippen LogP contribution in [0, 0.1) is 13.8 Å². The van der Waals surface area contributed by atoms with E-state index in [9.17, 15) is 9.90 Å². The van der Waals surface area contributed by atoms with E-state index >= 15 is 0 Å². The molecule has 0 unspecified atom stereocenters. The van der Waals surface area contributed by atoms with Crippen LogP contribution < -0.4 is 14.2 Å². The van der Waals surface area contributed by atoms with Gasteiger partial charge in [0.25, 0.3) is 0 Å². The average molecular weight is 307 g/mol. The van der Waals surface area contributed by atoms with Crippen molar-refractivity contribution < 1.29 is 24.1 Å². The minimum absolute atomic E-state index is 0.0456. The molecule has 0 spiro atoms. The van der Waals surface area contributed by atoms with E-state index in [0.717, 1.165) is 15.6 Å². The van der Waals surface area contributed by atoms with Gasteiger partial charge in [-0.05, 0) is 13.8 Å². The molecule has 1 aromatic carbocycles. The van der Waals surface area contributed by atoms with Crippen molar-refractivity contribution in [1.29, 1.82) is 0 Å². The summed E-state index contributed by atoms with van der Waals surface area (Å²) in [5.41, 5.74) is 1.01. The maximum atomic E-state index is 11.3. The molecule has 7 heteroatoms. The Morgan fingerprint density at radius 3 is 2.71 bits per heavy atom. The Morgan fingerprint density at radius 2 is 2.10 bits per heavy atom. The highest BCUT2D eigenvalue weighted by Gasteiger charge is 2.21. The molecule has 1 aliphatic heterocycles. The number of thiazole rings is 1. The standard InChI is InChI=1S/C14H13NO5S/c1-7-8(2)21-13(15-7)5-18-10-4-12-11(19-6-20-12)3-9(10)14(16)17/h3-4H,5-6H2,1-2H3,(H,16,17). The molecule has 0 fully saturated rings. The molecule has 0 radical (unpaired) electrons. The number of ether oxygens (including phenoxy) is 3. The van der Waals surface area contributed by atoms with E-state index in [-0.39, 0.29) is 24.7 Å². The molecule has 1 aromatic heterocycles. The molecule has 3 rings (SSSR count). The zero-order chi connectivity index (χ0) is 15.0. The summed E-state index contributed by atoms with van der Waals surface area (Å²) in [6.07, 6.45) is 0. The van der Waals surface area contributed by atoms with Crippen molar-refractivity contribution in [3.05, 3.63) is 33.3 Å². The van der Waals surface area contributed by atoms with E-state index in [1.54, 1.807) is 6.07 Å². The van der Waals surface area contributed by atoms with Crippen LogP contribution in [0.5, 0.6) is 17.2 Å². The first-order chi connectivity index (χ1) is 10.0. The van der Waals surface area contributed by atoms with Crippen LogP contribution in [0.2, 0.25) is 0 Å². The molecule has 6 nitrogen and oxygen atoms in total. The zero-order valence-electron chi connectivity index (χ0n) is 11.5. The van der Waals surface area contributed by atoms with E-state index in [2.05, 4.69) is 4.98 Å². The highest BCUT2D eigenvalue weighted by molar-refractivity contribution is 7.11. The van der Waals surface area contributed by atoms with Gasteiger partial charge in [0.1, 0.15) is 22.9 Å². The largest absolute Gasteiger partial charge is 0.485 e. The summed E-state index contributed by atoms with van der Waals surface area (Å²) < 4.78 is 16.0. The molecule has 2 aromatic rings. The van der Waals surface area contributed by atoms with Crippen LogP contribution in [0.1, 0.15) is 25.9 Å². The fourth-order valence-corrected chi connectivity index (χ4v) is 2.80. The Kier molecular flexibility index (Phi) is 3.42. The van der Waals surface area contributed by atoms with Gasteiger partial charge in [-0.2, -0.15) is 0 Å². The maximum absolute atomic E-state index is 11.3. The molecule has 1 N–H and O–H groups in total. The van der Waals surface area contributed by atoms with Crippen molar-refractivity contribution in [2.24, 2.45) is 0 Å². The number of aromatic carboxylic acids is 1. The molecular formula is C14H13NO5S. The number of nitrogens with zero attached hydrogens (tertiary/aromatic N) is 1. The smallest absolute Gasteiger partial charge is 0.339 e. The van der Waals surface area contributed by atoms with Crippen molar-refractivity contribution in [3.8, 4) is 17.2 Å². The molecule has 21 heavy (non-hydrogen) atoms. The van der Waals surface area contributed by atoms with Gasteiger partial charge in [-0.1, -0.05) is 0 Å².